The third-order valence-corrected chi connectivity index (χ3v) is 3.55. The van der Waals surface area contributed by atoms with E-state index in [2.05, 4.69) is 5.32 Å². The van der Waals surface area contributed by atoms with Gasteiger partial charge in [0.05, 0.1) is 6.04 Å². The lowest BCUT2D eigenvalue weighted by Crippen LogP contribution is -2.37. The maximum atomic E-state index is 12.1. The third kappa shape index (κ3) is 6.47. The van der Waals surface area contributed by atoms with Gasteiger partial charge in [-0.2, -0.15) is 0 Å². The van der Waals surface area contributed by atoms with Gasteiger partial charge in [0.1, 0.15) is 0 Å². The maximum absolute atomic E-state index is 12.1. The van der Waals surface area contributed by atoms with Gasteiger partial charge in [0.2, 0.25) is 0 Å². The van der Waals surface area contributed by atoms with Crippen molar-refractivity contribution in [2.24, 2.45) is 0 Å². The molecule has 2 atom stereocenters. The van der Waals surface area contributed by atoms with Crippen molar-refractivity contribution in [3.63, 3.8) is 0 Å². The molecule has 0 aromatic heterocycles. The van der Waals surface area contributed by atoms with Crippen molar-refractivity contribution in [2.45, 2.75) is 32.9 Å². The van der Waals surface area contributed by atoms with E-state index in [0.717, 1.165) is 5.56 Å². The van der Waals surface area contributed by atoms with E-state index < -0.39 is 18.0 Å². The van der Waals surface area contributed by atoms with Crippen LogP contribution in [0.3, 0.4) is 0 Å². The Morgan fingerprint density at radius 2 is 1.91 bits per heavy atom. The summed E-state index contributed by atoms with van der Waals surface area (Å²) in [6.07, 6.45) is 5.35. The molecule has 0 aliphatic rings. The van der Waals surface area contributed by atoms with Crippen LogP contribution in [0.15, 0.2) is 42.5 Å². The molecule has 6 heteroatoms. The molecule has 124 valence electrons. The summed E-state index contributed by atoms with van der Waals surface area (Å²) in [7, 11) is 0. The Morgan fingerprint density at radius 1 is 1.22 bits per heavy atom. The number of esters is 1. The smallest absolute Gasteiger partial charge is 0.331 e. The number of carbonyl (C=O) groups is 2. The second kappa shape index (κ2) is 9.38. The van der Waals surface area contributed by atoms with Gasteiger partial charge in [-0.05, 0) is 38.5 Å². The van der Waals surface area contributed by atoms with Crippen LogP contribution in [0.2, 0.25) is 10.0 Å². The standard InChI is InChI=1S/C17H19Cl2NO3/c1-4-5-6-7-16(21)23-12(3)17(22)20-11(2)14-9-8-13(18)10-15(14)19/h4-12H,1-3H3,(H,20,22)/b5-4+,7-6+/t11-,12+/m1/s1. The fraction of sp³-hybridized carbons (Fsp3) is 0.294. The number of nitrogens with one attached hydrogen (secondary N) is 1. The normalized spacial score (nSPS) is 14.0. The van der Waals surface area contributed by atoms with Crippen LogP contribution < -0.4 is 5.32 Å². The number of ether oxygens (including phenoxy) is 1. The Balaban J connectivity index is 2.62. The van der Waals surface area contributed by atoms with Crippen LogP contribution in [0.25, 0.3) is 0 Å². The first-order chi connectivity index (χ1) is 10.8. The van der Waals surface area contributed by atoms with Crippen molar-refractivity contribution in [2.75, 3.05) is 0 Å². The zero-order valence-electron chi connectivity index (χ0n) is 13.2. The second-order valence-corrected chi connectivity index (χ2v) is 5.70. The quantitative estimate of drug-likeness (QED) is 0.471. The Bertz CT molecular complexity index is 626. The van der Waals surface area contributed by atoms with Gasteiger partial charge in [-0.1, -0.05) is 47.5 Å². The molecular formula is C17H19Cl2NO3. The summed E-state index contributed by atoms with van der Waals surface area (Å²) >= 11 is 12.0. The van der Waals surface area contributed by atoms with Gasteiger partial charge in [-0.25, -0.2) is 4.79 Å². The number of halogens is 2. The molecule has 0 radical (unpaired) electrons. The van der Waals surface area contributed by atoms with Crippen LogP contribution in [0.5, 0.6) is 0 Å². The predicted octanol–water partition coefficient (Wildman–Crippen LogP) is 4.23. The van der Waals surface area contributed by atoms with E-state index in [1.807, 2.05) is 6.92 Å². The van der Waals surface area contributed by atoms with Gasteiger partial charge in [0.15, 0.2) is 6.10 Å². The number of benzene rings is 1. The molecule has 1 aromatic rings. The van der Waals surface area contributed by atoms with Crippen molar-refractivity contribution >= 4 is 35.1 Å². The molecule has 0 saturated carbocycles. The molecule has 1 rings (SSSR count). The zero-order valence-corrected chi connectivity index (χ0v) is 14.7. The fourth-order valence-electron chi connectivity index (χ4n) is 1.77. The number of rotatable bonds is 6. The average Bonchev–Trinajstić information content (AvgIpc) is 2.47. The monoisotopic (exact) mass is 355 g/mol. The lowest BCUT2D eigenvalue weighted by atomic mass is 10.1. The van der Waals surface area contributed by atoms with E-state index in [-0.39, 0.29) is 6.04 Å². The molecule has 0 spiro atoms. The zero-order chi connectivity index (χ0) is 17.4. The number of amides is 1. The highest BCUT2D eigenvalue weighted by molar-refractivity contribution is 6.35. The lowest BCUT2D eigenvalue weighted by Gasteiger charge is -2.19. The summed E-state index contributed by atoms with van der Waals surface area (Å²) in [6.45, 7) is 5.12. The number of hydrogen-bond acceptors (Lipinski definition) is 3. The molecule has 0 unspecified atom stereocenters. The van der Waals surface area contributed by atoms with E-state index in [4.69, 9.17) is 27.9 Å². The Kier molecular flexibility index (Phi) is 7.86. The van der Waals surface area contributed by atoms with Crippen molar-refractivity contribution in [3.05, 3.63) is 58.1 Å². The summed E-state index contributed by atoms with van der Waals surface area (Å²) in [5.41, 5.74) is 0.732. The Labute approximate surface area is 146 Å². The first-order valence-electron chi connectivity index (χ1n) is 7.10. The molecule has 0 heterocycles. The van der Waals surface area contributed by atoms with Crippen molar-refractivity contribution in [1.82, 2.24) is 5.32 Å². The third-order valence-electron chi connectivity index (χ3n) is 2.99. The van der Waals surface area contributed by atoms with Crippen molar-refractivity contribution < 1.29 is 14.3 Å². The van der Waals surface area contributed by atoms with Crippen LogP contribution in [-0.4, -0.2) is 18.0 Å². The molecule has 1 amide bonds. The number of carbonyl (C=O) groups excluding carboxylic acids is 2. The molecule has 0 saturated heterocycles. The highest BCUT2D eigenvalue weighted by Crippen LogP contribution is 2.26. The minimum atomic E-state index is -0.911. The fourth-order valence-corrected chi connectivity index (χ4v) is 2.35. The SMILES string of the molecule is C/C=C/C=C/C(=O)O[C@@H](C)C(=O)N[C@H](C)c1ccc(Cl)cc1Cl. The van der Waals surface area contributed by atoms with Crippen LogP contribution in [0.4, 0.5) is 0 Å². The second-order valence-electron chi connectivity index (χ2n) is 4.86. The topological polar surface area (TPSA) is 55.4 Å². The van der Waals surface area contributed by atoms with Crippen LogP contribution >= 0.6 is 23.2 Å². The van der Waals surface area contributed by atoms with E-state index in [1.54, 1.807) is 43.4 Å². The van der Waals surface area contributed by atoms with Gasteiger partial charge in [0.25, 0.3) is 5.91 Å². The molecule has 1 aromatic carbocycles. The van der Waals surface area contributed by atoms with Gasteiger partial charge in [0, 0.05) is 16.1 Å². The van der Waals surface area contributed by atoms with Gasteiger partial charge < -0.3 is 10.1 Å². The average molecular weight is 356 g/mol. The van der Waals surface area contributed by atoms with Crippen molar-refractivity contribution in [1.29, 1.82) is 0 Å². The van der Waals surface area contributed by atoms with Crippen LogP contribution in [0.1, 0.15) is 32.4 Å². The summed E-state index contributed by atoms with van der Waals surface area (Å²) in [5.74, 6) is -0.987. The van der Waals surface area contributed by atoms with Crippen LogP contribution in [0, 0.1) is 0 Å². The minimum absolute atomic E-state index is 0.341. The van der Waals surface area contributed by atoms with E-state index in [0.29, 0.717) is 10.0 Å². The van der Waals surface area contributed by atoms with Gasteiger partial charge in [-0.15, -0.1) is 0 Å². The van der Waals surface area contributed by atoms with Crippen molar-refractivity contribution in [3.8, 4) is 0 Å². The first-order valence-corrected chi connectivity index (χ1v) is 7.86. The Morgan fingerprint density at radius 3 is 2.52 bits per heavy atom. The van der Waals surface area contributed by atoms with Gasteiger partial charge >= 0.3 is 5.97 Å². The highest BCUT2D eigenvalue weighted by Gasteiger charge is 2.20. The minimum Gasteiger partial charge on any atom is -0.449 e. The number of hydrogen-bond donors (Lipinski definition) is 1. The summed E-state index contributed by atoms with van der Waals surface area (Å²) in [5, 5.41) is 3.73. The largest absolute Gasteiger partial charge is 0.449 e. The maximum Gasteiger partial charge on any atom is 0.331 e. The van der Waals surface area contributed by atoms with E-state index >= 15 is 0 Å². The van der Waals surface area contributed by atoms with E-state index in [9.17, 15) is 9.59 Å². The molecule has 0 aliphatic heterocycles. The predicted molar refractivity (Wildman–Crippen MR) is 92.5 cm³/mol. The van der Waals surface area contributed by atoms with Gasteiger partial charge in [-0.3, -0.25) is 4.79 Å². The molecule has 0 bridgehead atoms. The van der Waals surface area contributed by atoms with E-state index in [1.165, 1.54) is 13.0 Å². The Hall–Kier alpha value is -1.78. The van der Waals surface area contributed by atoms with Crippen LogP contribution in [-0.2, 0) is 14.3 Å². The number of allylic oxidation sites excluding steroid dienone is 3. The molecule has 4 nitrogen and oxygen atoms in total. The highest BCUT2D eigenvalue weighted by atomic mass is 35.5. The molecule has 0 aliphatic carbocycles. The molecule has 1 N–H and O–H groups in total. The molecular weight excluding hydrogens is 337 g/mol. The summed E-state index contributed by atoms with van der Waals surface area (Å²) in [6, 6.07) is 4.70. The molecule has 23 heavy (non-hydrogen) atoms. The molecule has 0 fully saturated rings. The summed E-state index contributed by atoms with van der Waals surface area (Å²) in [4.78, 5) is 23.6. The first kappa shape index (κ1) is 19.3. The summed E-state index contributed by atoms with van der Waals surface area (Å²) < 4.78 is 5.02. The lowest BCUT2D eigenvalue weighted by molar-refractivity contribution is -0.150.